The monoisotopic (exact) mass is 323 g/mol. The van der Waals surface area contributed by atoms with Crippen molar-refractivity contribution in [3.05, 3.63) is 54.1 Å². The molecule has 0 heterocycles. The molecule has 5 nitrogen and oxygen atoms in total. The molecule has 0 spiro atoms. The van der Waals surface area contributed by atoms with Gasteiger partial charge in [-0.3, -0.25) is 4.72 Å². The number of benzene rings is 2. The third-order valence-electron chi connectivity index (χ3n) is 2.73. The van der Waals surface area contributed by atoms with Gasteiger partial charge in [0.1, 0.15) is 0 Å². The van der Waals surface area contributed by atoms with E-state index >= 15 is 0 Å². The van der Waals surface area contributed by atoms with Gasteiger partial charge in [-0.2, -0.15) is 0 Å². The number of anilines is 1. The Labute approximate surface area is 127 Å². The Bertz CT molecular complexity index is 755. The number of hydrogen-bond donors (Lipinski definition) is 2. The van der Waals surface area contributed by atoms with Gasteiger partial charge in [0.05, 0.1) is 10.5 Å². The molecule has 0 aromatic heterocycles. The van der Waals surface area contributed by atoms with Crippen molar-refractivity contribution in [3.8, 4) is 0 Å². The maximum atomic E-state index is 12.2. The fraction of sp³-hybridized carbons (Fsp3) is 0.0714. The predicted octanol–water partition coefficient (Wildman–Crippen LogP) is 2.91. The van der Waals surface area contributed by atoms with Crippen LogP contribution in [0, 0.1) is 0 Å². The summed E-state index contributed by atoms with van der Waals surface area (Å²) >= 11 is 1.51. The van der Waals surface area contributed by atoms with Gasteiger partial charge >= 0.3 is 5.97 Å². The molecule has 0 aliphatic rings. The fourth-order valence-corrected chi connectivity index (χ4v) is 3.19. The summed E-state index contributed by atoms with van der Waals surface area (Å²) in [7, 11) is -3.73. The number of hydrogen-bond acceptors (Lipinski definition) is 4. The molecule has 7 heteroatoms. The van der Waals surface area contributed by atoms with Crippen molar-refractivity contribution >= 4 is 33.4 Å². The molecule has 0 unspecified atom stereocenters. The summed E-state index contributed by atoms with van der Waals surface area (Å²) in [6, 6.07) is 12.1. The predicted molar refractivity (Wildman–Crippen MR) is 82.4 cm³/mol. The van der Waals surface area contributed by atoms with E-state index in [1.54, 1.807) is 18.2 Å². The number of nitrogens with one attached hydrogen (secondary N) is 1. The van der Waals surface area contributed by atoms with Gasteiger partial charge in [0.2, 0.25) is 0 Å². The topological polar surface area (TPSA) is 83.5 Å². The van der Waals surface area contributed by atoms with Crippen LogP contribution in [0.2, 0.25) is 0 Å². The molecular weight excluding hydrogens is 310 g/mol. The van der Waals surface area contributed by atoms with Crippen molar-refractivity contribution in [3.63, 3.8) is 0 Å². The zero-order valence-electron chi connectivity index (χ0n) is 11.1. The molecule has 0 saturated heterocycles. The number of aromatic carboxylic acids is 1. The van der Waals surface area contributed by atoms with Crippen LogP contribution in [0.15, 0.2) is 58.3 Å². The van der Waals surface area contributed by atoms with E-state index in [-0.39, 0.29) is 10.5 Å². The Kier molecular flexibility index (Phi) is 4.54. The van der Waals surface area contributed by atoms with E-state index in [4.69, 9.17) is 5.11 Å². The summed E-state index contributed by atoms with van der Waals surface area (Å²) in [6.07, 6.45) is 1.90. The summed E-state index contributed by atoms with van der Waals surface area (Å²) in [4.78, 5) is 11.7. The Morgan fingerprint density at radius 2 is 1.81 bits per heavy atom. The molecule has 0 radical (unpaired) electrons. The van der Waals surface area contributed by atoms with Crippen LogP contribution < -0.4 is 4.72 Å². The molecule has 0 amide bonds. The third kappa shape index (κ3) is 3.77. The summed E-state index contributed by atoms with van der Waals surface area (Å²) in [5, 5.41) is 8.80. The van der Waals surface area contributed by atoms with Gasteiger partial charge in [-0.05, 0) is 48.7 Å². The standard InChI is InChI=1S/C14H13NO4S2/c1-20-12-4-2-3-11(9-12)15-21(18,19)13-7-5-10(6-8-13)14(16)17/h2-9,15H,1H3,(H,16,17). The zero-order valence-corrected chi connectivity index (χ0v) is 12.7. The first-order valence-corrected chi connectivity index (χ1v) is 8.63. The highest BCUT2D eigenvalue weighted by Crippen LogP contribution is 2.22. The average molecular weight is 323 g/mol. The number of carboxylic acid groups (broad SMARTS) is 1. The van der Waals surface area contributed by atoms with Crippen LogP contribution in [0.1, 0.15) is 10.4 Å². The van der Waals surface area contributed by atoms with Crippen molar-refractivity contribution in [2.75, 3.05) is 11.0 Å². The van der Waals surface area contributed by atoms with Crippen LogP contribution in [-0.4, -0.2) is 25.7 Å². The maximum Gasteiger partial charge on any atom is 0.335 e. The normalized spacial score (nSPS) is 11.1. The molecule has 0 atom stereocenters. The Hall–Kier alpha value is -1.99. The molecule has 0 aliphatic heterocycles. The van der Waals surface area contributed by atoms with E-state index in [0.717, 1.165) is 4.90 Å². The minimum Gasteiger partial charge on any atom is -0.478 e. The number of carbonyl (C=O) groups is 1. The van der Waals surface area contributed by atoms with E-state index in [1.165, 1.54) is 36.0 Å². The van der Waals surface area contributed by atoms with Gasteiger partial charge in [-0.15, -0.1) is 11.8 Å². The molecule has 2 aromatic carbocycles. The van der Waals surface area contributed by atoms with Crippen LogP contribution in [-0.2, 0) is 10.0 Å². The fourth-order valence-electron chi connectivity index (χ4n) is 1.68. The lowest BCUT2D eigenvalue weighted by atomic mass is 10.2. The van der Waals surface area contributed by atoms with E-state index in [0.29, 0.717) is 5.69 Å². The second kappa shape index (κ2) is 6.19. The van der Waals surface area contributed by atoms with Crippen LogP contribution in [0.3, 0.4) is 0 Å². The molecule has 2 rings (SSSR count). The van der Waals surface area contributed by atoms with E-state index in [1.807, 2.05) is 12.3 Å². The van der Waals surface area contributed by atoms with Gasteiger partial charge < -0.3 is 5.11 Å². The number of thioether (sulfide) groups is 1. The molecule has 110 valence electrons. The minimum absolute atomic E-state index is 0.0158. The SMILES string of the molecule is CSc1cccc(NS(=O)(=O)c2ccc(C(=O)O)cc2)c1. The summed E-state index contributed by atoms with van der Waals surface area (Å²) in [5.74, 6) is -1.10. The summed E-state index contributed by atoms with van der Waals surface area (Å²) < 4.78 is 26.9. The maximum absolute atomic E-state index is 12.2. The molecule has 2 aromatic rings. The Morgan fingerprint density at radius 1 is 1.14 bits per heavy atom. The molecule has 2 N–H and O–H groups in total. The lowest BCUT2D eigenvalue weighted by molar-refractivity contribution is 0.0697. The highest BCUT2D eigenvalue weighted by molar-refractivity contribution is 7.98. The largest absolute Gasteiger partial charge is 0.478 e. The van der Waals surface area contributed by atoms with E-state index < -0.39 is 16.0 Å². The number of rotatable bonds is 5. The molecule has 0 bridgehead atoms. The lowest BCUT2D eigenvalue weighted by Gasteiger charge is -2.09. The van der Waals surface area contributed by atoms with Gasteiger partial charge in [0.15, 0.2) is 0 Å². The third-order valence-corrected chi connectivity index (χ3v) is 4.86. The van der Waals surface area contributed by atoms with Gasteiger partial charge in [-0.1, -0.05) is 6.07 Å². The van der Waals surface area contributed by atoms with Crippen LogP contribution in [0.5, 0.6) is 0 Å². The minimum atomic E-state index is -3.73. The summed E-state index contributed by atoms with van der Waals surface area (Å²) in [6.45, 7) is 0. The highest BCUT2D eigenvalue weighted by Gasteiger charge is 2.15. The van der Waals surface area contributed by atoms with Crippen molar-refractivity contribution in [1.29, 1.82) is 0 Å². The van der Waals surface area contributed by atoms with Crippen LogP contribution >= 0.6 is 11.8 Å². The van der Waals surface area contributed by atoms with Gasteiger partial charge in [0, 0.05) is 10.6 Å². The molecule has 0 saturated carbocycles. The van der Waals surface area contributed by atoms with Crippen LogP contribution in [0.4, 0.5) is 5.69 Å². The van der Waals surface area contributed by atoms with E-state index in [9.17, 15) is 13.2 Å². The number of carboxylic acids is 1. The van der Waals surface area contributed by atoms with Crippen LogP contribution in [0.25, 0.3) is 0 Å². The van der Waals surface area contributed by atoms with Gasteiger partial charge in [-0.25, -0.2) is 13.2 Å². The van der Waals surface area contributed by atoms with Crippen molar-refractivity contribution < 1.29 is 18.3 Å². The quantitative estimate of drug-likeness (QED) is 0.827. The lowest BCUT2D eigenvalue weighted by Crippen LogP contribution is -2.13. The first kappa shape index (κ1) is 15.4. The Morgan fingerprint density at radius 3 is 2.38 bits per heavy atom. The molecule has 0 fully saturated rings. The highest BCUT2D eigenvalue weighted by atomic mass is 32.2. The Balaban J connectivity index is 2.27. The first-order valence-electron chi connectivity index (χ1n) is 5.92. The van der Waals surface area contributed by atoms with Gasteiger partial charge in [0.25, 0.3) is 10.0 Å². The summed E-state index contributed by atoms with van der Waals surface area (Å²) in [5.41, 5.74) is 0.502. The molecular formula is C14H13NO4S2. The molecule has 21 heavy (non-hydrogen) atoms. The smallest absolute Gasteiger partial charge is 0.335 e. The van der Waals surface area contributed by atoms with Crippen molar-refractivity contribution in [2.45, 2.75) is 9.79 Å². The number of sulfonamides is 1. The van der Waals surface area contributed by atoms with E-state index in [2.05, 4.69) is 4.72 Å². The second-order valence-corrected chi connectivity index (χ2v) is 6.73. The second-order valence-electron chi connectivity index (χ2n) is 4.17. The van der Waals surface area contributed by atoms with Crippen molar-refractivity contribution in [2.24, 2.45) is 0 Å². The average Bonchev–Trinajstić information content (AvgIpc) is 2.47. The zero-order chi connectivity index (χ0) is 15.5. The molecule has 0 aliphatic carbocycles. The first-order chi connectivity index (χ1) is 9.92. The van der Waals surface area contributed by atoms with Crippen molar-refractivity contribution in [1.82, 2.24) is 0 Å².